The first-order valence-electron chi connectivity index (χ1n) is 13.0. The number of hydrogen-bond donors (Lipinski definition) is 2. The molecule has 2 fully saturated rings. The van der Waals surface area contributed by atoms with Crippen molar-refractivity contribution < 1.29 is 14.3 Å². The van der Waals surface area contributed by atoms with E-state index in [-0.39, 0.29) is 23.6 Å². The van der Waals surface area contributed by atoms with E-state index in [0.717, 1.165) is 69.1 Å². The molecule has 198 valence electrons. The maximum absolute atomic E-state index is 13.3. The predicted molar refractivity (Wildman–Crippen MR) is 147 cm³/mol. The number of thiazole rings is 1. The van der Waals surface area contributed by atoms with Crippen LogP contribution in [0.15, 0.2) is 42.0 Å². The molecule has 0 bridgehead atoms. The molecule has 0 aliphatic carbocycles. The Morgan fingerprint density at radius 2 is 1.97 bits per heavy atom. The molecule has 1 aromatic carbocycles. The van der Waals surface area contributed by atoms with Crippen molar-refractivity contribution in [3.05, 3.63) is 58.9 Å². The second-order valence-corrected chi connectivity index (χ2v) is 10.8. The number of benzene rings is 1. The number of nitrogens with zero attached hydrogens (tertiary/aromatic N) is 5. The number of likely N-dealkylation sites (tertiary alicyclic amines) is 1. The van der Waals surface area contributed by atoms with Gasteiger partial charge < -0.3 is 25.2 Å². The molecule has 2 aromatic heterocycles. The van der Waals surface area contributed by atoms with Gasteiger partial charge in [-0.3, -0.25) is 19.5 Å². The van der Waals surface area contributed by atoms with Crippen LogP contribution in [0.1, 0.15) is 39.3 Å². The number of nitrogens with one attached hydrogen (secondary N) is 2. The minimum absolute atomic E-state index is 0.122. The van der Waals surface area contributed by atoms with Gasteiger partial charge in [-0.2, -0.15) is 0 Å². The summed E-state index contributed by atoms with van der Waals surface area (Å²) in [5.41, 5.74) is 3.43. The summed E-state index contributed by atoms with van der Waals surface area (Å²) < 4.78 is 6.19. The Bertz CT molecular complexity index is 1330. The third-order valence-electron chi connectivity index (χ3n) is 7.31. The Morgan fingerprint density at radius 1 is 1.16 bits per heavy atom. The Kier molecular flexibility index (Phi) is 6.96. The fourth-order valence-electron chi connectivity index (χ4n) is 5.15. The summed E-state index contributed by atoms with van der Waals surface area (Å²) in [5, 5.41) is 8.50. The fourth-order valence-corrected chi connectivity index (χ4v) is 5.95. The normalized spacial score (nSPS) is 18.5. The molecular weight excluding hydrogens is 502 g/mol. The molecule has 10 nitrogen and oxygen atoms in total. The van der Waals surface area contributed by atoms with E-state index in [9.17, 15) is 9.59 Å². The molecule has 3 aromatic rings. The van der Waals surface area contributed by atoms with Gasteiger partial charge in [0, 0.05) is 56.4 Å². The van der Waals surface area contributed by atoms with Crippen molar-refractivity contribution in [2.75, 3.05) is 61.4 Å². The minimum Gasteiger partial charge on any atom is -0.490 e. The van der Waals surface area contributed by atoms with Gasteiger partial charge in [-0.15, -0.1) is 11.3 Å². The van der Waals surface area contributed by atoms with Gasteiger partial charge in [-0.25, -0.2) is 4.98 Å². The van der Waals surface area contributed by atoms with Crippen LogP contribution in [0.25, 0.3) is 0 Å². The van der Waals surface area contributed by atoms with Crippen LogP contribution in [0, 0.1) is 0 Å². The maximum Gasteiger partial charge on any atom is 0.275 e. The molecule has 0 atom stereocenters. The molecule has 2 saturated heterocycles. The fraction of sp³-hybridized carbons (Fsp3) is 0.407. The molecule has 2 amide bonds. The van der Waals surface area contributed by atoms with Crippen molar-refractivity contribution in [2.45, 2.75) is 25.5 Å². The van der Waals surface area contributed by atoms with E-state index in [0.29, 0.717) is 22.9 Å². The van der Waals surface area contributed by atoms with E-state index >= 15 is 0 Å². The number of piperidine rings is 1. The summed E-state index contributed by atoms with van der Waals surface area (Å²) in [5.74, 6) is 0.280. The first kappa shape index (κ1) is 24.8. The van der Waals surface area contributed by atoms with Gasteiger partial charge in [0.15, 0.2) is 5.13 Å². The number of rotatable bonds is 6. The molecule has 0 spiro atoms. The highest BCUT2D eigenvalue weighted by atomic mass is 32.1. The van der Waals surface area contributed by atoms with Crippen molar-refractivity contribution in [3.8, 4) is 5.75 Å². The summed E-state index contributed by atoms with van der Waals surface area (Å²) in [6, 6.07) is 7.66. The summed E-state index contributed by atoms with van der Waals surface area (Å²) in [4.78, 5) is 41.2. The van der Waals surface area contributed by atoms with Crippen LogP contribution in [0.4, 0.5) is 16.5 Å². The summed E-state index contributed by atoms with van der Waals surface area (Å²) >= 11 is 1.29. The number of aromatic nitrogens is 2. The summed E-state index contributed by atoms with van der Waals surface area (Å²) in [6.45, 7) is 5.95. The second-order valence-electron chi connectivity index (χ2n) is 9.93. The number of amides is 2. The average Bonchev–Trinajstić information content (AvgIpc) is 3.56. The molecule has 0 unspecified atom stereocenters. The highest BCUT2D eigenvalue weighted by Crippen LogP contribution is 2.33. The number of carbonyl (C=O) groups is 2. The van der Waals surface area contributed by atoms with E-state index in [2.05, 4.69) is 37.4 Å². The summed E-state index contributed by atoms with van der Waals surface area (Å²) in [7, 11) is 2.12. The molecule has 0 saturated carbocycles. The smallest absolute Gasteiger partial charge is 0.275 e. The van der Waals surface area contributed by atoms with Crippen molar-refractivity contribution in [3.63, 3.8) is 0 Å². The number of ether oxygens (including phenoxy) is 1. The number of piperazine rings is 1. The molecule has 38 heavy (non-hydrogen) atoms. The highest BCUT2D eigenvalue weighted by molar-refractivity contribution is 7.14. The molecule has 3 aliphatic rings. The Balaban J connectivity index is 1.13. The van der Waals surface area contributed by atoms with Gasteiger partial charge >= 0.3 is 0 Å². The molecule has 0 radical (unpaired) electrons. The van der Waals surface area contributed by atoms with Gasteiger partial charge in [0.25, 0.3) is 11.8 Å². The third-order valence-corrected chi connectivity index (χ3v) is 8.18. The Labute approximate surface area is 225 Å². The van der Waals surface area contributed by atoms with Gasteiger partial charge in [-0.05, 0) is 43.7 Å². The number of fused-ring (bicyclic) bond motifs is 1. The van der Waals surface area contributed by atoms with Crippen molar-refractivity contribution in [1.29, 1.82) is 0 Å². The van der Waals surface area contributed by atoms with Crippen LogP contribution < -0.4 is 25.2 Å². The van der Waals surface area contributed by atoms with Gasteiger partial charge in [0.05, 0.1) is 24.1 Å². The number of carbonyl (C=O) groups excluding carboxylic acids is 2. The molecule has 2 N–H and O–H groups in total. The Hall–Kier alpha value is -3.54. The van der Waals surface area contributed by atoms with E-state index < -0.39 is 0 Å². The van der Waals surface area contributed by atoms with Gasteiger partial charge in [0.2, 0.25) is 0 Å². The zero-order valence-corrected chi connectivity index (χ0v) is 22.2. The van der Waals surface area contributed by atoms with Crippen LogP contribution >= 0.6 is 11.3 Å². The third kappa shape index (κ3) is 5.09. The first-order chi connectivity index (χ1) is 18.5. The summed E-state index contributed by atoms with van der Waals surface area (Å²) in [6.07, 6.45) is 5.52. The monoisotopic (exact) mass is 533 g/mol. The van der Waals surface area contributed by atoms with Crippen LogP contribution in [0.5, 0.6) is 5.75 Å². The van der Waals surface area contributed by atoms with Crippen LogP contribution in [0.3, 0.4) is 0 Å². The van der Waals surface area contributed by atoms with E-state index in [1.165, 1.54) is 11.3 Å². The zero-order valence-electron chi connectivity index (χ0n) is 21.4. The lowest BCUT2D eigenvalue weighted by Gasteiger charge is -2.30. The van der Waals surface area contributed by atoms with Crippen molar-refractivity contribution in [1.82, 2.24) is 20.2 Å². The predicted octanol–water partition coefficient (Wildman–Crippen LogP) is 2.83. The van der Waals surface area contributed by atoms with Crippen LogP contribution in [0.2, 0.25) is 0 Å². The molecular formula is C27H31N7O3S. The Morgan fingerprint density at radius 3 is 2.79 bits per heavy atom. The van der Waals surface area contributed by atoms with E-state index in [4.69, 9.17) is 4.74 Å². The van der Waals surface area contributed by atoms with Crippen molar-refractivity contribution in [2.24, 2.45) is 0 Å². The van der Waals surface area contributed by atoms with Crippen LogP contribution in [-0.2, 0) is 6.54 Å². The zero-order chi connectivity index (χ0) is 26.1. The number of anilines is 3. The lowest BCUT2D eigenvalue weighted by molar-refractivity contribution is 0.0989. The lowest BCUT2D eigenvalue weighted by Crippen LogP contribution is -2.43. The van der Waals surface area contributed by atoms with Crippen LogP contribution in [-0.4, -0.2) is 79.1 Å². The quantitative estimate of drug-likeness (QED) is 0.499. The SMILES string of the molecule is CN1CCC(Oc2ccc3c(c2)C(=O)N(c2nc(C(=O)Nc4cnccc4N4CCNCC4)cs2)C3)CC1. The van der Waals surface area contributed by atoms with E-state index in [1.54, 1.807) is 22.7 Å². The second kappa shape index (κ2) is 10.7. The highest BCUT2D eigenvalue weighted by Gasteiger charge is 2.32. The van der Waals surface area contributed by atoms with Gasteiger partial charge in [-0.1, -0.05) is 6.07 Å². The lowest BCUT2D eigenvalue weighted by atomic mass is 10.1. The first-order valence-corrected chi connectivity index (χ1v) is 13.9. The standard InChI is InChI=1S/C27H31N7O3S/c1-32-10-5-19(6-11-32)37-20-3-2-18-16-34(26(36)21(18)14-20)27-31-23(17-38-27)25(35)30-22-15-29-7-4-24(22)33-12-8-28-9-13-33/h2-4,7,14-15,17,19,28H,5-6,8-13,16H2,1H3,(H,30,35). The maximum atomic E-state index is 13.3. The minimum atomic E-state index is -0.324. The molecule has 6 rings (SSSR count). The molecule has 5 heterocycles. The van der Waals surface area contributed by atoms with Gasteiger partial charge in [0.1, 0.15) is 17.5 Å². The van der Waals surface area contributed by atoms with Crippen molar-refractivity contribution >= 4 is 39.7 Å². The molecule has 3 aliphatic heterocycles. The average molecular weight is 534 g/mol. The van der Waals surface area contributed by atoms with E-state index in [1.807, 2.05) is 24.3 Å². The topological polar surface area (TPSA) is 103 Å². The number of hydrogen-bond acceptors (Lipinski definition) is 9. The largest absolute Gasteiger partial charge is 0.490 e. The molecule has 11 heteroatoms. The number of pyridine rings is 1.